The molecule has 4 rings (SSSR count). The van der Waals surface area contributed by atoms with E-state index >= 15 is 0 Å². The molecule has 4 aromatic rings. The third kappa shape index (κ3) is 4.94. The minimum atomic E-state index is -1.61. The van der Waals surface area contributed by atoms with E-state index in [-0.39, 0.29) is 44.1 Å². The van der Waals surface area contributed by atoms with Crippen LogP contribution >= 0.6 is 39.1 Å². The number of hydrogen-bond acceptors (Lipinski definition) is 3. The van der Waals surface area contributed by atoms with Crippen LogP contribution in [0.15, 0.2) is 53.1 Å². The molecule has 0 bridgehead atoms. The van der Waals surface area contributed by atoms with Gasteiger partial charge in [0.15, 0.2) is 22.6 Å². The van der Waals surface area contributed by atoms with Crippen LogP contribution in [0.4, 0.5) is 23.2 Å². The molecule has 5 nitrogen and oxygen atoms in total. The van der Waals surface area contributed by atoms with E-state index in [1.807, 2.05) is 0 Å². The summed E-state index contributed by atoms with van der Waals surface area (Å²) < 4.78 is 56.3. The highest BCUT2D eigenvalue weighted by atomic mass is 79.9. The van der Waals surface area contributed by atoms with Crippen LogP contribution in [0.5, 0.6) is 0 Å². The molecule has 12 heteroatoms. The van der Waals surface area contributed by atoms with Crippen molar-refractivity contribution in [3.8, 4) is 11.4 Å². The van der Waals surface area contributed by atoms with Gasteiger partial charge < -0.3 is 9.88 Å². The summed E-state index contributed by atoms with van der Waals surface area (Å²) in [5, 5.41) is 2.63. The van der Waals surface area contributed by atoms with Crippen LogP contribution in [0, 0.1) is 23.3 Å². The molecule has 0 atom stereocenters. The number of amides is 1. The van der Waals surface area contributed by atoms with Gasteiger partial charge in [-0.05, 0) is 64.0 Å². The Balaban J connectivity index is 1.79. The minimum Gasteiger partial charge on any atom is -0.318 e. The maximum Gasteiger partial charge on any atom is 0.274 e. The number of hydrogen-bond donors (Lipinski definition) is 1. The maximum atomic E-state index is 13.8. The quantitative estimate of drug-likeness (QED) is 0.161. The first-order valence-corrected chi connectivity index (χ1v) is 11.0. The Hall–Kier alpha value is -2.95. The zero-order valence-electron chi connectivity index (χ0n) is 16.7. The topological polar surface area (TPSA) is 59.8 Å². The Bertz CT molecular complexity index is 1410. The maximum absolute atomic E-state index is 13.8. The third-order valence-corrected chi connectivity index (χ3v) is 5.82. The van der Waals surface area contributed by atoms with Crippen molar-refractivity contribution in [1.82, 2.24) is 14.5 Å². The van der Waals surface area contributed by atoms with E-state index in [0.717, 1.165) is 12.1 Å². The molecule has 0 radical (unpaired) electrons. The first-order valence-electron chi connectivity index (χ1n) is 9.42. The van der Waals surface area contributed by atoms with Crippen LogP contribution in [0.2, 0.25) is 10.3 Å². The molecule has 1 N–H and O–H groups in total. The Kier molecular flexibility index (Phi) is 6.92. The number of imidazole rings is 1. The summed E-state index contributed by atoms with van der Waals surface area (Å²) in [6, 6.07) is 8.53. The summed E-state index contributed by atoms with van der Waals surface area (Å²) in [5.74, 6) is -5.38. The van der Waals surface area contributed by atoms with Crippen LogP contribution in [-0.2, 0) is 6.54 Å². The molecule has 34 heavy (non-hydrogen) atoms. The molecule has 0 saturated carbocycles. The average Bonchev–Trinajstić information content (AvgIpc) is 3.19. The zero-order chi connectivity index (χ0) is 24.6. The van der Waals surface area contributed by atoms with E-state index in [9.17, 15) is 22.4 Å². The first-order chi connectivity index (χ1) is 16.1. The summed E-state index contributed by atoms with van der Waals surface area (Å²) in [6.45, 7) is -0.256. The van der Waals surface area contributed by atoms with Gasteiger partial charge in [-0.2, -0.15) is 0 Å². The van der Waals surface area contributed by atoms with Gasteiger partial charge in [0.05, 0.1) is 22.9 Å². The lowest BCUT2D eigenvalue weighted by Gasteiger charge is -2.14. The van der Waals surface area contributed by atoms with E-state index in [2.05, 4.69) is 31.2 Å². The predicted octanol–water partition coefficient (Wildman–Crippen LogP) is 6.87. The summed E-state index contributed by atoms with van der Waals surface area (Å²) in [4.78, 5) is 21.1. The molecule has 2 aromatic heterocycles. The SMILES string of the molecule is O=C(Nc1ccc(Cl)nc1Cl)c1cnc(-c2ccc(F)c(Br)c2)n1Cc1cc(F)c(F)c(F)c1. The lowest BCUT2D eigenvalue weighted by atomic mass is 10.1. The number of pyridine rings is 1. The van der Waals surface area contributed by atoms with Crippen molar-refractivity contribution in [2.24, 2.45) is 0 Å². The monoisotopic (exact) mass is 572 g/mol. The largest absolute Gasteiger partial charge is 0.318 e. The second kappa shape index (κ2) is 9.73. The number of nitrogens with zero attached hydrogens (tertiary/aromatic N) is 3. The molecule has 1 amide bonds. The van der Waals surface area contributed by atoms with Gasteiger partial charge in [-0.3, -0.25) is 4.79 Å². The molecule has 0 aliphatic heterocycles. The highest BCUT2D eigenvalue weighted by Crippen LogP contribution is 2.28. The highest BCUT2D eigenvalue weighted by Gasteiger charge is 2.21. The summed E-state index contributed by atoms with van der Waals surface area (Å²) in [7, 11) is 0. The van der Waals surface area contributed by atoms with Crippen LogP contribution in [0.3, 0.4) is 0 Å². The fraction of sp³-hybridized carbons (Fsp3) is 0.0455. The molecule has 0 fully saturated rings. The van der Waals surface area contributed by atoms with Crippen LogP contribution in [0.1, 0.15) is 16.1 Å². The van der Waals surface area contributed by atoms with E-state index in [4.69, 9.17) is 23.2 Å². The number of carbonyl (C=O) groups is 1. The predicted molar refractivity (Wildman–Crippen MR) is 123 cm³/mol. The van der Waals surface area contributed by atoms with Crippen molar-refractivity contribution in [1.29, 1.82) is 0 Å². The molecular weight excluding hydrogens is 563 g/mol. The van der Waals surface area contributed by atoms with E-state index in [0.29, 0.717) is 5.56 Å². The van der Waals surface area contributed by atoms with Gasteiger partial charge in [0.2, 0.25) is 0 Å². The molecule has 0 aliphatic rings. The lowest BCUT2D eigenvalue weighted by molar-refractivity contribution is 0.101. The second-order valence-electron chi connectivity index (χ2n) is 6.98. The highest BCUT2D eigenvalue weighted by molar-refractivity contribution is 9.10. The van der Waals surface area contributed by atoms with E-state index in [1.54, 1.807) is 0 Å². The summed E-state index contributed by atoms with van der Waals surface area (Å²) in [5.41, 5.74) is 0.569. The fourth-order valence-corrected chi connectivity index (χ4v) is 3.93. The molecule has 2 aromatic carbocycles. The normalized spacial score (nSPS) is 11.0. The average molecular weight is 574 g/mol. The number of rotatable bonds is 5. The summed E-state index contributed by atoms with van der Waals surface area (Å²) >= 11 is 14.9. The van der Waals surface area contributed by atoms with Crippen LogP contribution < -0.4 is 5.32 Å². The third-order valence-electron chi connectivity index (χ3n) is 4.71. The fourth-order valence-electron chi connectivity index (χ4n) is 3.16. The standard InChI is InChI=1S/C22H11BrCl2F4N4O/c23-12-7-11(1-2-13(12)26)21-30-8-17(22(34)31-16-3-4-18(24)32-20(16)25)33(21)9-10-5-14(27)19(29)15(28)6-10/h1-8H,9H2,(H,31,34). The number of anilines is 1. The molecule has 0 spiro atoms. The van der Waals surface area contributed by atoms with E-state index < -0.39 is 29.2 Å². The van der Waals surface area contributed by atoms with Crippen LogP contribution in [0.25, 0.3) is 11.4 Å². The van der Waals surface area contributed by atoms with Crippen molar-refractivity contribution in [3.05, 3.63) is 98.0 Å². The van der Waals surface area contributed by atoms with Gasteiger partial charge in [-0.1, -0.05) is 23.2 Å². The number of benzene rings is 2. The van der Waals surface area contributed by atoms with E-state index in [1.165, 1.54) is 41.1 Å². The van der Waals surface area contributed by atoms with Crippen molar-refractivity contribution in [2.75, 3.05) is 5.32 Å². The second-order valence-corrected chi connectivity index (χ2v) is 8.58. The molecule has 2 heterocycles. The molecular formula is C22H11BrCl2F4N4O. The van der Waals surface area contributed by atoms with Gasteiger partial charge in [0, 0.05) is 5.56 Å². The smallest absolute Gasteiger partial charge is 0.274 e. The van der Waals surface area contributed by atoms with Gasteiger partial charge in [-0.15, -0.1) is 0 Å². The Morgan fingerprint density at radius 3 is 2.35 bits per heavy atom. The number of aromatic nitrogens is 3. The number of halogens is 7. The Morgan fingerprint density at radius 1 is 1.00 bits per heavy atom. The zero-order valence-corrected chi connectivity index (χ0v) is 19.8. The Labute approximate surface area is 208 Å². The molecule has 0 unspecified atom stereocenters. The van der Waals surface area contributed by atoms with Crippen molar-refractivity contribution in [3.63, 3.8) is 0 Å². The van der Waals surface area contributed by atoms with Crippen molar-refractivity contribution < 1.29 is 22.4 Å². The lowest BCUT2D eigenvalue weighted by Crippen LogP contribution is -2.18. The molecule has 0 saturated heterocycles. The van der Waals surface area contributed by atoms with Crippen molar-refractivity contribution >= 4 is 50.7 Å². The van der Waals surface area contributed by atoms with Gasteiger partial charge >= 0.3 is 0 Å². The first kappa shape index (κ1) is 24.2. The molecule has 174 valence electrons. The van der Waals surface area contributed by atoms with Crippen molar-refractivity contribution in [2.45, 2.75) is 6.54 Å². The van der Waals surface area contributed by atoms with Gasteiger partial charge in [0.1, 0.15) is 22.5 Å². The number of nitrogens with one attached hydrogen (secondary N) is 1. The van der Waals surface area contributed by atoms with Crippen LogP contribution in [-0.4, -0.2) is 20.4 Å². The summed E-state index contributed by atoms with van der Waals surface area (Å²) in [6.07, 6.45) is 1.23. The van der Waals surface area contributed by atoms with Gasteiger partial charge in [0.25, 0.3) is 5.91 Å². The Morgan fingerprint density at radius 2 is 1.71 bits per heavy atom. The molecule has 0 aliphatic carbocycles. The number of carbonyl (C=O) groups excluding carboxylic acids is 1. The minimum absolute atomic E-state index is 0.0217. The van der Waals surface area contributed by atoms with Gasteiger partial charge in [-0.25, -0.2) is 27.5 Å².